The highest BCUT2D eigenvalue weighted by molar-refractivity contribution is 4.74. The third kappa shape index (κ3) is 1.55. The quantitative estimate of drug-likeness (QED) is 0.659. The molecule has 0 aliphatic rings. The Kier molecular flexibility index (Phi) is 2.65. The van der Waals surface area contributed by atoms with Crippen molar-refractivity contribution < 1.29 is 5.11 Å². The standard InChI is InChI=1S/C7H13N3O2/c1-5(3-11)6(2)10-4-8-9-7(10)12/h4-6,11H,3H2,1-2H3,(H,9,12). The van der Waals surface area contributed by atoms with Gasteiger partial charge in [0.1, 0.15) is 6.33 Å². The molecule has 1 heterocycles. The van der Waals surface area contributed by atoms with Crippen molar-refractivity contribution in [3.05, 3.63) is 16.8 Å². The molecule has 12 heavy (non-hydrogen) atoms. The minimum atomic E-state index is -0.234. The van der Waals surface area contributed by atoms with Crippen LogP contribution in [-0.4, -0.2) is 26.5 Å². The molecule has 0 bridgehead atoms. The maximum absolute atomic E-state index is 11.0. The van der Waals surface area contributed by atoms with Crippen molar-refractivity contribution in [2.45, 2.75) is 19.9 Å². The van der Waals surface area contributed by atoms with Crippen LogP contribution >= 0.6 is 0 Å². The summed E-state index contributed by atoms with van der Waals surface area (Å²) in [5, 5.41) is 14.8. The van der Waals surface area contributed by atoms with Crippen LogP contribution in [0.2, 0.25) is 0 Å². The molecule has 0 aromatic carbocycles. The van der Waals surface area contributed by atoms with E-state index in [4.69, 9.17) is 5.11 Å². The maximum Gasteiger partial charge on any atom is 0.343 e. The number of hydrogen-bond acceptors (Lipinski definition) is 3. The van der Waals surface area contributed by atoms with Crippen LogP contribution in [0.5, 0.6) is 0 Å². The Bertz CT molecular complexity index is 291. The smallest absolute Gasteiger partial charge is 0.343 e. The highest BCUT2D eigenvalue weighted by atomic mass is 16.3. The first-order valence-electron chi connectivity index (χ1n) is 3.89. The summed E-state index contributed by atoms with van der Waals surface area (Å²) in [5.74, 6) is 0.0558. The largest absolute Gasteiger partial charge is 0.396 e. The Hall–Kier alpha value is -1.10. The van der Waals surface area contributed by atoms with Gasteiger partial charge >= 0.3 is 5.69 Å². The van der Waals surface area contributed by atoms with Crippen LogP contribution in [0.25, 0.3) is 0 Å². The fraction of sp³-hybridized carbons (Fsp3) is 0.714. The van der Waals surface area contributed by atoms with Gasteiger partial charge < -0.3 is 5.11 Å². The number of H-pyrrole nitrogens is 1. The van der Waals surface area contributed by atoms with E-state index in [1.165, 1.54) is 10.9 Å². The van der Waals surface area contributed by atoms with Crippen molar-refractivity contribution in [3.8, 4) is 0 Å². The van der Waals surface area contributed by atoms with Crippen LogP contribution < -0.4 is 5.69 Å². The van der Waals surface area contributed by atoms with E-state index in [1.807, 2.05) is 13.8 Å². The average molecular weight is 171 g/mol. The topological polar surface area (TPSA) is 70.9 Å². The Balaban J connectivity index is 2.84. The molecule has 0 radical (unpaired) electrons. The normalized spacial score (nSPS) is 15.9. The number of rotatable bonds is 3. The zero-order valence-electron chi connectivity index (χ0n) is 7.19. The summed E-state index contributed by atoms with van der Waals surface area (Å²) >= 11 is 0. The zero-order valence-corrected chi connectivity index (χ0v) is 7.19. The summed E-state index contributed by atoms with van der Waals surface area (Å²) in [4.78, 5) is 11.0. The van der Waals surface area contributed by atoms with Crippen LogP contribution in [0, 0.1) is 5.92 Å². The molecule has 0 aliphatic carbocycles. The van der Waals surface area contributed by atoms with Crippen LogP contribution in [0.4, 0.5) is 0 Å². The highest BCUT2D eigenvalue weighted by Gasteiger charge is 2.14. The number of nitrogens with zero attached hydrogens (tertiary/aromatic N) is 2. The Morgan fingerprint density at radius 1 is 1.75 bits per heavy atom. The molecular formula is C7H13N3O2. The molecule has 5 heteroatoms. The lowest BCUT2D eigenvalue weighted by Gasteiger charge is -2.16. The van der Waals surface area contributed by atoms with Gasteiger partial charge in [0.2, 0.25) is 0 Å². The zero-order chi connectivity index (χ0) is 9.14. The van der Waals surface area contributed by atoms with Gasteiger partial charge in [-0.25, -0.2) is 9.89 Å². The number of hydrogen-bond donors (Lipinski definition) is 2. The van der Waals surface area contributed by atoms with Crippen molar-refractivity contribution in [2.75, 3.05) is 6.61 Å². The monoisotopic (exact) mass is 171 g/mol. The second-order valence-corrected chi connectivity index (χ2v) is 2.97. The van der Waals surface area contributed by atoms with Crippen molar-refractivity contribution in [1.82, 2.24) is 14.8 Å². The Morgan fingerprint density at radius 2 is 2.42 bits per heavy atom. The van der Waals surface area contributed by atoms with Gasteiger partial charge in [-0.1, -0.05) is 6.92 Å². The van der Waals surface area contributed by atoms with E-state index in [2.05, 4.69) is 10.2 Å². The van der Waals surface area contributed by atoms with Gasteiger partial charge in [0.25, 0.3) is 0 Å². The first-order chi connectivity index (χ1) is 5.66. The predicted octanol–water partition coefficient (Wildman–Crippen LogP) is -0.239. The molecule has 0 amide bonds. The lowest BCUT2D eigenvalue weighted by Crippen LogP contribution is -2.25. The third-order valence-electron chi connectivity index (χ3n) is 2.13. The number of aromatic amines is 1. The molecule has 1 rings (SSSR count). The molecule has 0 saturated heterocycles. The van der Waals surface area contributed by atoms with Gasteiger partial charge in [-0.15, -0.1) is 0 Å². The predicted molar refractivity (Wildman–Crippen MR) is 43.8 cm³/mol. The van der Waals surface area contributed by atoms with E-state index in [9.17, 15) is 4.79 Å². The van der Waals surface area contributed by atoms with Gasteiger partial charge in [-0.3, -0.25) is 4.57 Å². The SMILES string of the molecule is CC(CO)C(C)n1cn[nH]c1=O. The molecule has 0 saturated carbocycles. The summed E-state index contributed by atoms with van der Waals surface area (Å²) in [6, 6.07) is -0.0266. The molecule has 68 valence electrons. The summed E-state index contributed by atoms with van der Waals surface area (Å²) < 4.78 is 1.47. The average Bonchev–Trinajstić information content (AvgIpc) is 2.48. The van der Waals surface area contributed by atoms with Gasteiger partial charge in [0, 0.05) is 12.6 Å². The molecular weight excluding hydrogens is 158 g/mol. The fourth-order valence-electron chi connectivity index (χ4n) is 0.973. The fourth-order valence-corrected chi connectivity index (χ4v) is 0.973. The summed E-state index contributed by atoms with van der Waals surface area (Å²) in [6.07, 6.45) is 1.44. The van der Waals surface area contributed by atoms with Crippen LogP contribution in [0.1, 0.15) is 19.9 Å². The number of aliphatic hydroxyl groups excluding tert-OH is 1. The molecule has 2 N–H and O–H groups in total. The minimum Gasteiger partial charge on any atom is -0.396 e. The number of aromatic nitrogens is 3. The van der Waals surface area contributed by atoms with Gasteiger partial charge in [-0.2, -0.15) is 5.10 Å². The van der Waals surface area contributed by atoms with E-state index in [0.717, 1.165) is 0 Å². The summed E-state index contributed by atoms with van der Waals surface area (Å²) in [5.41, 5.74) is -0.234. The van der Waals surface area contributed by atoms with Crippen molar-refractivity contribution in [2.24, 2.45) is 5.92 Å². The Labute approximate surface area is 70.0 Å². The second-order valence-electron chi connectivity index (χ2n) is 2.97. The molecule has 1 aromatic heterocycles. The van der Waals surface area contributed by atoms with Gasteiger partial charge in [-0.05, 0) is 12.8 Å². The van der Waals surface area contributed by atoms with Gasteiger partial charge in [0.15, 0.2) is 0 Å². The number of aliphatic hydroxyl groups is 1. The second kappa shape index (κ2) is 3.53. The van der Waals surface area contributed by atoms with Crippen molar-refractivity contribution >= 4 is 0 Å². The summed E-state index contributed by atoms with van der Waals surface area (Å²) in [6.45, 7) is 3.82. The molecule has 0 aliphatic heterocycles. The number of nitrogens with one attached hydrogen (secondary N) is 1. The van der Waals surface area contributed by atoms with Crippen LogP contribution in [-0.2, 0) is 0 Å². The summed E-state index contributed by atoms with van der Waals surface area (Å²) in [7, 11) is 0. The van der Waals surface area contributed by atoms with E-state index >= 15 is 0 Å². The van der Waals surface area contributed by atoms with E-state index < -0.39 is 0 Å². The lowest BCUT2D eigenvalue weighted by molar-refractivity contribution is 0.196. The van der Waals surface area contributed by atoms with Crippen molar-refractivity contribution in [1.29, 1.82) is 0 Å². The van der Waals surface area contributed by atoms with Crippen LogP contribution in [0.15, 0.2) is 11.1 Å². The maximum atomic E-state index is 11.0. The van der Waals surface area contributed by atoms with E-state index in [0.29, 0.717) is 0 Å². The molecule has 0 spiro atoms. The lowest BCUT2D eigenvalue weighted by atomic mass is 10.1. The molecule has 2 atom stereocenters. The minimum absolute atomic E-state index is 0.0266. The van der Waals surface area contributed by atoms with Gasteiger partial charge in [0.05, 0.1) is 0 Å². The Morgan fingerprint density at radius 3 is 2.83 bits per heavy atom. The molecule has 0 fully saturated rings. The third-order valence-corrected chi connectivity index (χ3v) is 2.13. The highest BCUT2D eigenvalue weighted by Crippen LogP contribution is 2.13. The van der Waals surface area contributed by atoms with E-state index in [-0.39, 0.29) is 24.3 Å². The molecule has 5 nitrogen and oxygen atoms in total. The first kappa shape index (κ1) is 8.99. The first-order valence-corrected chi connectivity index (χ1v) is 3.89. The van der Waals surface area contributed by atoms with Crippen molar-refractivity contribution in [3.63, 3.8) is 0 Å². The molecule has 2 unspecified atom stereocenters. The molecule has 1 aromatic rings. The van der Waals surface area contributed by atoms with E-state index in [1.54, 1.807) is 0 Å². The van der Waals surface area contributed by atoms with Crippen LogP contribution in [0.3, 0.4) is 0 Å².